The standard InChI is InChI=1S/C15H20N2O3/c1-10-5-3-4-6-12(10)9-17(2)15(20)16-13(14(18)19)11-7-8-11/h3-6,11,13H,7-9H2,1-2H3,(H,16,20)(H,18,19). The number of hydrogen-bond donors (Lipinski definition) is 2. The van der Waals surface area contributed by atoms with Gasteiger partial charge in [-0.05, 0) is 36.8 Å². The van der Waals surface area contributed by atoms with E-state index in [9.17, 15) is 9.59 Å². The summed E-state index contributed by atoms with van der Waals surface area (Å²) in [7, 11) is 1.67. The second-order valence-corrected chi connectivity index (χ2v) is 5.39. The first-order chi connectivity index (χ1) is 9.49. The van der Waals surface area contributed by atoms with E-state index in [1.54, 1.807) is 7.05 Å². The van der Waals surface area contributed by atoms with Gasteiger partial charge < -0.3 is 15.3 Å². The number of benzene rings is 1. The van der Waals surface area contributed by atoms with Gasteiger partial charge in [0.15, 0.2) is 0 Å². The molecule has 0 radical (unpaired) electrons. The van der Waals surface area contributed by atoms with Crippen molar-refractivity contribution < 1.29 is 14.7 Å². The average molecular weight is 276 g/mol. The van der Waals surface area contributed by atoms with Crippen molar-refractivity contribution in [3.63, 3.8) is 0 Å². The number of urea groups is 1. The fraction of sp³-hybridized carbons (Fsp3) is 0.467. The summed E-state index contributed by atoms with van der Waals surface area (Å²) in [6.45, 7) is 2.46. The maximum absolute atomic E-state index is 12.1. The normalized spacial score (nSPS) is 15.5. The van der Waals surface area contributed by atoms with Crippen LogP contribution in [0.2, 0.25) is 0 Å². The molecule has 0 aliphatic heterocycles. The van der Waals surface area contributed by atoms with Crippen LogP contribution in [0.5, 0.6) is 0 Å². The first kappa shape index (κ1) is 14.4. The minimum Gasteiger partial charge on any atom is -0.480 e. The van der Waals surface area contributed by atoms with Crippen LogP contribution < -0.4 is 5.32 Å². The third kappa shape index (κ3) is 3.50. The predicted octanol–water partition coefficient (Wildman–Crippen LogP) is 2.00. The van der Waals surface area contributed by atoms with Crippen LogP contribution in [0.1, 0.15) is 24.0 Å². The van der Waals surface area contributed by atoms with Gasteiger partial charge in [-0.1, -0.05) is 24.3 Å². The molecule has 1 aromatic carbocycles. The highest BCUT2D eigenvalue weighted by atomic mass is 16.4. The van der Waals surface area contributed by atoms with E-state index in [1.807, 2.05) is 31.2 Å². The zero-order valence-electron chi connectivity index (χ0n) is 11.8. The van der Waals surface area contributed by atoms with Gasteiger partial charge in [-0.2, -0.15) is 0 Å². The van der Waals surface area contributed by atoms with E-state index in [4.69, 9.17) is 5.11 Å². The Morgan fingerprint density at radius 3 is 2.60 bits per heavy atom. The number of carbonyl (C=O) groups excluding carboxylic acids is 1. The fourth-order valence-corrected chi connectivity index (χ4v) is 2.17. The molecule has 0 aromatic heterocycles. The number of rotatable bonds is 5. The largest absolute Gasteiger partial charge is 0.480 e. The van der Waals surface area contributed by atoms with Crippen LogP contribution in [-0.4, -0.2) is 35.1 Å². The quantitative estimate of drug-likeness (QED) is 0.864. The minimum atomic E-state index is -0.954. The molecule has 1 unspecified atom stereocenters. The van der Waals surface area contributed by atoms with Crippen molar-refractivity contribution in [2.75, 3.05) is 7.05 Å². The minimum absolute atomic E-state index is 0.0864. The Hall–Kier alpha value is -2.04. The maximum Gasteiger partial charge on any atom is 0.326 e. The monoisotopic (exact) mass is 276 g/mol. The molecule has 0 heterocycles. The van der Waals surface area contributed by atoms with Crippen molar-refractivity contribution in [2.24, 2.45) is 5.92 Å². The highest BCUT2D eigenvalue weighted by molar-refractivity contribution is 5.83. The number of carboxylic acids is 1. The van der Waals surface area contributed by atoms with Crippen LogP contribution in [0.15, 0.2) is 24.3 Å². The van der Waals surface area contributed by atoms with E-state index in [0.29, 0.717) is 6.54 Å². The second-order valence-electron chi connectivity index (χ2n) is 5.39. The number of hydrogen-bond acceptors (Lipinski definition) is 2. The lowest BCUT2D eigenvalue weighted by Crippen LogP contribution is -2.47. The van der Waals surface area contributed by atoms with E-state index in [1.165, 1.54) is 4.90 Å². The summed E-state index contributed by atoms with van der Waals surface area (Å²) >= 11 is 0. The van der Waals surface area contributed by atoms with Crippen molar-refractivity contribution in [1.82, 2.24) is 10.2 Å². The molecule has 5 heteroatoms. The number of aryl methyl sites for hydroxylation is 1. The Bertz CT molecular complexity index is 512. The van der Waals surface area contributed by atoms with Crippen molar-refractivity contribution in [3.05, 3.63) is 35.4 Å². The molecule has 1 fully saturated rings. The predicted molar refractivity (Wildman–Crippen MR) is 75.3 cm³/mol. The van der Waals surface area contributed by atoms with Gasteiger partial charge in [-0.15, -0.1) is 0 Å². The molecule has 2 rings (SSSR count). The number of carbonyl (C=O) groups is 2. The summed E-state index contributed by atoms with van der Waals surface area (Å²) in [4.78, 5) is 24.7. The van der Waals surface area contributed by atoms with Gasteiger partial charge >= 0.3 is 12.0 Å². The summed E-state index contributed by atoms with van der Waals surface area (Å²) < 4.78 is 0. The molecular formula is C15H20N2O3. The van der Waals surface area contributed by atoms with Crippen LogP contribution in [-0.2, 0) is 11.3 Å². The van der Waals surface area contributed by atoms with Gasteiger partial charge in [0.25, 0.3) is 0 Å². The third-order valence-electron chi connectivity index (χ3n) is 3.65. The molecule has 20 heavy (non-hydrogen) atoms. The lowest BCUT2D eigenvalue weighted by molar-refractivity contribution is -0.139. The molecule has 2 N–H and O–H groups in total. The third-order valence-corrected chi connectivity index (χ3v) is 3.65. The molecule has 1 aliphatic carbocycles. The zero-order chi connectivity index (χ0) is 14.7. The van der Waals surface area contributed by atoms with E-state index in [0.717, 1.165) is 24.0 Å². The lowest BCUT2D eigenvalue weighted by atomic mass is 10.1. The molecule has 5 nitrogen and oxygen atoms in total. The van der Waals surface area contributed by atoms with E-state index in [-0.39, 0.29) is 11.9 Å². The number of carboxylic acid groups (broad SMARTS) is 1. The van der Waals surface area contributed by atoms with Gasteiger partial charge in [-0.25, -0.2) is 9.59 Å². The van der Waals surface area contributed by atoms with Gasteiger partial charge in [0.1, 0.15) is 6.04 Å². The van der Waals surface area contributed by atoms with Crippen LogP contribution in [0.25, 0.3) is 0 Å². The van der Waals surface area contributed by atoms with Crippen molar-refractivity contribution in [3.8, 4) is 0 Å². The number of nitrogens with one attached hydrogen (secondary N) is 1. The summed E-state index contributed by atoms with van der Waals surface area (Å²) in [5, 5.41) is 11.7. The lowest BCUT2D eigenvalue weighted by Gasteiger charge is -2.22. The first-order valence-electron chi connectivity index (χ1n) is 6.78. The fourth-order valence-electron chi connectivity index (χ4n) is 2.17. The topological polar surface area (TPSA) is 69.6 Å². The van der Waals surface area contributed by atoms with Gasteiger partial charge in [0.05, 0.1) is 0 Å². The molecule has 0 spiro atoms. The van der Waals surface area contributed by atoms with Crippen LogP contribution in [0, 0.1) is 12.8 Å². The summed E-state index contributed by atoms with van der Waals surface area (Å²) in [5.41, 5.74) is 2.17. The average Bonchev–Trinajstić information content (AvgIpc) is 3.22. The zero-order valence-corrected chi connectivity index (χ0v) is 11.8. The number of aliphatic carboxylic acids is 1. The highest BCUT2D eigenvalue weighted by Crippen LogP contribution is 2.32. The van der Waals surface area contributed by atoms with Crippen LogP contribution >= 0.6 is 0 Å². The molecule has 108 valence electrons. The summed E-state index contributed by atoms with van der Waals surface area (Å²) in [6, 6.07) is 6.74. The first-order valence-corrected chi connectivity index (χ1v) is 6.78. The summed E-state index contributed by atoms with van der Waals surface area (Å²) in [5.74, 6) is -0.867. The Kier molecular flexibility index (Phi) is 4.27. The molecule has 0 bridgehead atoms. The molecule has 0 saturated heterocycles. The molecule has 1 aromatic rings. The highest BCUT2D eigenvalue weighted by Gasteiger charge is 2.37. The Labute approximate surface area is 118 Å². The number of nitrogens with zero attached hydrogens (tertiary/aromatic N) is 1. The van der Waals surface area contributed by atoms with Crippen molar-refractivity contribution in [1.29, 1.82) is 0 Å². The second kappa shape index (κ2) is 5.94. The molecule has 1 aliphatic rings. The molecule has 2 amide bonds. The van der Waals surface area contributed by atoms with Crippen LogP contribution in [0.3, 0.4) is 0 Å². The van der Waals surface area contributed by atoms with Crippen molar-refractivity contribution >= 4 is 12.0 Å². The number of amides is 2. The Morgan fingerprint density at radius 2 is 2.05 bits per heavy atom. The summed E-state index contributed by atoms with van der Waals surface area (Å²) in [6.07, 6.45) is 1.75. The van der Waals surface area contributed by atoms with E-state index < -0.39 is 12.0 Å². The van der Waals surface area contributed by atoms with Gasteiger partial charge in [0.2, 0.25) is 0 Å². The SMILES string of the molecule is Cc1ccccc1CN(C)C(=O)NC(C(=O)O)C1CC1. The Morgan fingerprint density at radius 1 is 1.40 bits per heavy atom. The Balaban J connectivity index is 1.95. The molecule has 1 atom stereocenters. The van der Waals surface area contributed by atoms with Crippen LogP contribution in [0.4, 0.5) is 4.79 Å². The van der Waals surface area contributed by atoms with E-state index in [2.05, 4.69) is 5.32 Å². The van der Waals surface area contributed by atoms with Gasteiger partial charge in [-0.3, -0.25) is 0 Å². The molecule has 1 saturated carbocycles. The van der Waals surface area contributed by atoms with Gasteiger partial charge in [0, 0.05) is 13.6 Å². The van der Waals surface area contributed by atoms with Crippen molar-refractivity contribution in [2.45, 2.75) is 32.4 Å². The van der Waals surface area contributed by atoms with E-state index >= 15 is 0 Å². The smallest absolute Gasteiger partial charge is 0.326 e. The maximum atomic E-state index is 12.1. The molecular weight excluding hydrogens is 256 g/mol.